The van der Waals surface area contributed by atoms with Crippen molar-refractivity contribution in [2.24, 2.45) is 0 Å². The van der Waals surface area contributed by atoms with Crippen LogP contribution >= 0.6 is 0 Å². The number of carbonyl (C=O) groups excluding carboxylic acids is 1. The molecule has 1 aromatic heterocycles. The number of aryl methyl sites for hydroxylation is 1. The summed E-state index contributed by atoms with van der Waals surface area (Å²) in [5.41, 5.74) is 2.50. The van der Waals surface area contributed by atoms with Crippen LogP contribution in [0.2, 0.25) is 0 Å². The van der Waals surface area contributed by atoms with Gasteiger partial charge >= 0.3 is 0 Å². The Morgan fingerprint density at radius 2 is 1.95 bits per heavy atom. The maximum absolute atomic E-state index is 12.3. The molecule has 4 heteroatoms. The molecule has 4 nitrogen and oxygen atoms in total. The lowest BCUT2D eigenvalue weighted by molar-refractivity contribution is 0.102. The van der Waals surface area contributed by atoms with Gasteiger partial charge in [-0.2, -0.15) is 0 Å². The monoisotopic (exact) mass is 269 g/mol. The molecular formula is C16H19N3O. The molecule has 0 unspecified atom stereocenters. The summed E-state index contributed by atoms with van der Waals surface area (Å²) in [6, 6.07) is 11.3. The molecule has 0 aliphatic heterocycles. The maximum atomic E-state index is 12.3. The van der Waals surface area contributed by atoms with Gasteiger partial charge in [0.2, 0.25) is 0 Å². The molecule has 0 bridgehead atoms. The Morgan fingerprint density at radius 3 is 2.65 bits per heavy atom. The number of anilines is 2. The number of carbonyl (C=O) groups is 1. The minimum atomic E-state index is -0.152. The second kappa shape index (κ2) is 6.70. The SMILES string of the molecule is CCCNc1ncccc1C(=O)Nc1ccc(C)cc1. The topological polar surface area (TPSA) is 54.0 Å². The van der Waals surface area contributed by atoms with E-state index in [-0.39, 0.29) is 5.91 Å². The molecule has 0 spiro atoms. The van der Waals surface area contributed by atoms with E-state index in [1.807, 2.05) is 31.2 Å². The van der Waals surface area contributed by atoms with Crippen LogP contribution in [0.3, 0.4) is 0 Å². The summed E-state index contributed by atoms with van der Waals surface area (Å²) in [5, 5.41) is 6.05. The molecule has 0 saturated carbocycles. The van der Waals surface area contributed by atoms with E-state index in [1.54, 1.807) is 18.3 Å². The summed E-state index contributed by atoms with van der Waals surface area (Å²) in [6.45, 7) is 4.88. The van der Waals surface area contributed by atoms with Crippen LogP contribution in [0.5, 0.6) is 0 Å². The highest BCUT2D eigenvalue weighted by Gasteiger charge is 2.11. The molecule has 0 atom stereocenters. The van der Waals surface area contributed by atoms with Crippen LogP contribution in [0.15, 0.2) is 42.6 Å². The molecule has 20 heavy (non-hydrogen) atoms. The van der Waals surface area contributed by atoms with E-state index < -0.39 is 0 Å². The number of hydrogen-bond acceptors (Lipinski definition) is 3. The molecule has 2 N–H and O–H groups in total. The van der Waals surface area contributed by atoms with Crippen molar-refractivity contribution in [2.45, 2.75) is 20.3 Å². The maximum Gasteiger partial charge on any atom is 0.259 e. The van der Waals surface area contributed by atoms with Gasteiger partial charge in [0.15, 0.2) is 0 Å². The Kier molecular flexibility index (Phi) is 4.71. The van der Waals surface area contributed by atoms with Crippen molar-refractivity contribution in [3.05, 3.63) is 53.7 Å². The second-order valence-corrected chi connectivity index (χ2v) is 4.65. The second-order valence-electron chi connectivity index (χ2n) is 4.65. The zero-order valence-corrected chi connectivity index (χ0v) is 11.8. The van der Waals surface area contributed by atoms with Gasteiger partial charge in [-0.25, -0.2) is 4.98 Å². The molecule has 0 aliphatic carbocycles. The van der Waals surface area contributed by atoms with Crippen molar-refractivity contribution in [2.75, 3.05) is 17.2 Å². The van der Waals surface area contributed by atoms with Crippen LogP contribution in [0.25, 0.3) is 0 Å². The summed E-state index contributed by atoms with van der Waals surface area (Å²) in [6.07, 6.45) is 2.66. The highest BCUT2D eigenvalue weighted by Crippen LogP contribution is 2.15. The summed E-state index contributed by atoms with van der Waals surface area (Å²) in [7, 11) is 0. The minimum Gasteiger partial charge on any atom is -0.369 e. The van der Waals surface area contributed by atoms with Crippen LogP contribution in [0.4, 0.5) is 11.5 Å². The molecule has 0 aliphatic rings. The number of hydrogen-bond donors (Lipinski definition) is 2. The van der Waals surface area contributed by atoms with Crippen molar-refractivity contribution in [1.82, 2.24) is 4.98 Å². The molecular weight excluding hydrogens is 250 g/mol. The van der Waals surface area contributed by atoms with Crippen molar-refractivity contribution in [3.63, 3.8) is 0 Å². The first-order chi connectivity index (χ1) is 9.70. The third-order valence-electron chi connectivity index (χ3n) is 2.90. The lowest BCUT2D eigenvalue weighted by Crippen LogP contribution is -2.16. The molecule has 1 amide bonds. The zero-order chi connectivity index (χ0) is 14.4. The summed E-state index contributed by atoms with van der Waals surface area (Å²) >= 11 is 0. The Balaban J connectivity index is 2.14. The van der Waals surface area contributed by atoms with Gasteiger partial charge < -0.3 is 10.6 Å². The largest absolute Gasteiger partial charge is 0.369 e. The fraction of sp³-hybridized carbons (Fsp3) is 0.250. The third-order valence-corrected chi connectivity index (χ3v) is 2.90. The van der Waals surface area contributed by atoms with Gasteiger partial charge in [-0.1, -0.05) is 24.6 Å². The number of nitrogens with one attached hydrogen (secondary N) is 2. The first-order valence-corrected chi connectivity index (χ1v) is 6.77. The van der Waals surface area contributed by atoms with Crippen LogP contribution in [-0.2, 0) is 0 Å². The molecule has 1 aromatic carbocycles. The minimum absolute atomic E-state index is 0.152. The lowest BCUT2D eigenvalue weighted by atomic mass is 10.2. The highest BCUT2D eigenvalue weighted by atomic mass is 16.1. The standard InChI is InChI=1S/C16H19N3O/c1-3-10-17-15-14(5-4-11-18-15)16(20)19-13-8-6-12(2)7-9-13/h4-9,11H,3,10H2,1-2H3,(H,17,18)(H,19,20). The fourth-order valence-corrected chi connectivity index (χ4v) is 1.81. The van der Waals surface area contributed by atoms with Crippen molar-refractivity contribution >= 4 is 17.4 Å². The van der Waals surface area contributed by atoms with Crippen LogP contribution in [0.1, 0.15) is 29.3 Å². The first kappa shape index (κ1) is 14.1. The van der Waals surface area contributed by atoms with Gasteiger partial charge in [-0.05, 0) is 37.6 Å². The Labute approximate surface area is 119 Å². The molecule has 2 rings (SSSR count). The molecule has 1 heterocycles. The average Bonchev–Trinajstić information content (AvgIpc) is 2.47. The normalized spacial score (nSPS) is 10.1. The fourth-order valence-electron chi connectivity index (χ4n) is 1.81. The van der Waals surface area contributed by atoms with Crippen molar-refractivity contribution in [1.29, 1.82) is 0 Å². The summed E-state index contributed by atoms with van der Waals surface area (Å²) in [5.74, 6) is 0.472. The van der Waals surface area contributed by atoms with E-state index in [0.29, 0.717) is 11.4 Å². The van der Waals surface area contributed by atoms with Crippen LogP contribution in [-0.4, -0.2) is 17.4 Å². The van der Waals surface area contributed by atoms with Gasteiger partial charge in [0, 0.05) is 18.4 Å². The number of nitrogens with zero attached hydrogens (tertiary/aromatic N) is 1. The van der Waals surface area contributed by atoms with Gasteiger partial charge in [0.1, 0.15) is 5.82 Å². The van der Waals surface area contributed by atoms with E-state index in [9.17, 15) is 4.79 Å². The van der Waals surface area contributed by atoms with Gasteiger partial charge in [-0.15, -0.1) is 0 Å². The van der Waals surface area contributed by atoms with E-state index in [0.717, 1.165) is 24.2 Å². The van der Waals surface area contributed by atoms with E-state index in [1.165, 1.54) is 0 Å². The first-order valence-electron chi connectivity index (χ1n) is 6.77. The number of pyridine rings is 1. The van der Waals surface area contributed by atoms with Gasteiger partial charge in [-0.3, -0.25) is 4.79 Å². The smallest absolute Gasteiger partial charge is 0.259 e. The quantitative estimate of drug-likeness (QED) is 0.874. The Bertz CT molecular complexity index is 579. The summed E-state index contributed by atoms with van der Waals surface area (Å²) < 4.78 is 0. The molecule has 2 aromatic rings. The highest BCUT2D eigenvalue weighted by molar-refractivity contribution is 6.07. The Morgan fingerprint density at radius 1 is 1.20 bits per heavy atom. The predicted molar refractivity (Wildman–Crippen MR) is 82.1 cm³/mol. The third kappa shape index (κ3) is 3.57. The molecule has 0 saturated heterocycles. The zero-order valence-electron chi connectivity index (χ0n) is 11.8. The molecule has 104 valence electrons. The lowest BCUT2D eigenvalue weighted by Gasteiger charge is -2.10. The van der Waals surface area contributed by atoms with Gasteiger partial charge in [0.05, 0.1) is 5.56 Å². The summed E-state index contributed by atoms with van der Waals surface area (Å²) in [4.78, 5) is 16.5. The van der Waals surface area contributed by atoms with E-state index in [4.69, 9.17) is 0 Å². The molecule has 0 radical (unpaired) electrons. The van der Waals surface area contributed by atoms with Crippen LogP contribution in [0, 0.1) is 6.92 Å². The Hall–Kier alpha value is -2.36. The number of rotatable bonds is 5. The number of aromatic nitrogens is 1. The van der Waals surface area contributed by atoms with E-state index in [2.05, 4.69) is 22.5 Å². The molecule has 0 fully saturated rings. The van der Waals surface area contributed by atoms with Gasteiger partial charge in [0.25, 0.3) is 5.91 Å². The van der Waals surface area contributed by atoms with Crippen LogP contribution < -0.4 is 10.6 Å². The predicted octanol–water partition coefficient (Wildman–Crippen LogP) is 3.46. The van der Waals surface area contributed by atoms with E-state index >= 15 is 0 Å². The van der Waals surface area contributed by atoms with Crippen molar-refractivity contribution in [3.8, 4) is 0 Å². The number of benzene rings is 1. The number of amides is 1. The van der Waals surface area contributed by atoms with Crippen molar-refractivity contribution < 1.29 is 4.79 Å². The average molecular weight is 269 g/mol.